The van der Waals surface area contributed by atoms with Gasteiger partial charge in [0.05, 0.1) is 5.38 Å². The molecule has 1 aliphatic rings. The molecule has 20 heavy (non-hydrogen) atoms. The molecule has 0 aliphatic heterocycles. The first-order valence-corrected chi connectivity index (χ1v) is 7.32. The van der Waals surface area contributed by atoms with Crippen molar-refractivity contribution in [3.63, 3.8) is 0 Å². The van der Waals surface area contributed by atoms with E-state index in [9.17, 15) is 8.78 Å². The van der Waals surface area contributed by atoms with Crippen LogP contribution in [0, 0.1) is 6.92 Å². The molecule has 0 N–H and O–H groups in total. The summed E-state index contributed by atoms with van der Waals surface area (Å²) in [7, 11) is 0. The Labute approximate surface area is 123 Å². The molecule has 0 spiro atoms. The van der Waals surface area contributed by atoms with Crippen molar-refractivity contribution in [2.45, 2.75) is 43.8 Å². The van der Waals surface area contributed by atoms with Crippen LogP contribution in [0.2, 0.25) is 0 Å². The average Bonchev–Trinajstić information content (AvgIpc) is 2.44. The van der Waals surface area contributed by atoms with Crippen LogP contribution in [-0.4, -0.2) is 24.3 Å². The quantitative estimate of drug-likeness (QED) is 0.574. The van der Waals surface area contributed by atoms with Crippen LogP contribution >= 0.6 is 11.6 Å². The van der Waals surface area contributed by atoms with E-state index in [-0.39, 0.29) is 6.42 Å². The van der Waals surface area contributed by atoms with Gasteiger partial charge in [-0.15, -0.1) is 11.6 Å². The summed E-state index contributed by atoms with van der Waals surface area (Å²) in [5.74, 6) is -0.450. The van der Waals surface area contributed by atoms with Crippen molar-refractivity contribution in [3.8, 4) is 0 Å². The van der Waals surface area contributed by atoms with Gasteiger partial charge in [-0.3, -0.25) is 0 Å². The maximum Gasteiger partial charge on any atom is 0.128 e. The Morgan fingerprint density at radius 2 is 2.00 bits per heavy atom. The Hall–Kier alpha value is -0.930. The third kappa shape index (κ3) is 4.03. The van der Waals surface area contributed by atoms with Crippen molar-refractivity contribution in [1.82, 2.24) is 0 Å². The maximum atomic E-state index is 13.6. The summed E-state index contributed by atoms with van der Waals surface area (Å²) < 4.78 is 32.3. The molecule has 4 heteroatoms. The van der Waals surface area contributed by atoms with E-state index in [0.29, 0.717) is 6.61 Å². The third-order valence-electron chi connectivity index (χ3n) is 3.47. The second-order valence-corrected chi connectivity index (χ2v) is 5.67. The Balaban J connectivity index is 1.76. The lowest BCUT2D eigenvalue weighted by Gasteiger charge is -2.27. The molecular formula is C16H19ClF2O. The largest absolute Gasteiger partial charge is 0.369 e. The molecule has 1 aromatic rings. The predicted molar refractivity (Wildman–Crippen MR) is 77.6 cm³/mol. The van der Waals surface area contributed by atoms with Crippen LogP contribution in [-0.2, 0) is 11.2 Å². The fourth-order valence-electron chi connectivity index (χ4n) is 2.23. The number of aryl methyl sites for hydroxylation is 2. The minimum absolute atomic E-state index is 0.0310. The molecular weight excluding hydrogens is 282 g/mol. The number of halogens is 3. The fourth-order valence-corrected chi connectivity index (χ4v) is 2.52. The SMILES string of the molecule is Cc1ccc(CCCOC2C(F)=CCC(F)C2Cl)cc1. The van der Waals surface area contributed by atoms with E-state index in [2.05, 4.69) is 24.3 Å². The molecule has 2 rings (SSSR count). The summed E-state index contributed by atoms with van der Waals surface area (Å²) in [5.41, 5.74) is 2.43. The van der Waals surface area contributed by atoms with Crippen LogP contribution in [0.25, 0.3) is 0 Å². The van der Waals surface area contributed by atoms with Gasteiger partial charge >= 0.3 is 0 Å². The molecule has 110 valence electrons. The molecule has 3 unspecified atom stereocenters. The molecule has 1 aliphatic carbocycles. The Morgan fingerprint density at radius 1 is 1.30 bits per heavy atom. The van der Waals surface area contributed by atoms with Crippen LogP contribution in [0.4, 0.5) is 8.78 Å². The lowest BCUT2D eigenvalue weighted by Crippen LogP contribution is -2.36. The van der Waals surface area contributed by atoms with Gasteiger partial charge in [0.15, 0.2) is 0 Å². The average molecular weight is 301 g/mol. The van der Waals surface area contributed by atoms with E-state index in [1.54, 1.807) is 0 Å². The molecule has 0 amide bonds. The first-order valence-electron chi connectivity index (χ1n) is 6.89. The zero-order valence-corrected chi connectivity index (χ0v) is 12.2. The number of alkyl halides is 2. The lowest BCUT2D eigenvalue weighted by molar-refractivity contribution is 0.0362. The summed E-state index contributed by atoms with van der Waals surface area (Å²) in [6, 6.07) is 8.25. The zero-order valence-electron chi connectivity index (χ0n) is 11.5. The minimum Gasteiger partial charge on any atom is -0.369 e. The van der Waals surface area contributed by atoms with E-state index < -0.39 is 23.5 Å². The van der Waals surface area contributed by atoms with Crippen LogP contribution in [0.1, 0.15) is 24.0 Å². The van der Waals surface area contributed by atoms with Gasteiger partial charge in [-0.05, 0) is 31.4 Å². The standard InChI is InChI=1S/C16H19ClF2O/c1-11-4-6-12(7-5-11)3-2-10-20-16-14(19)9-8-13(18)15(16)17/h4-7,9,13,15-16H,2-3,8,10H2,1H3. The van der Waals surface area contributed by atoms with Gasteiger partial charge in [-0.25, -0.2) is 8.78 Å². The van der Waals surface area contributed by atoms with Gasteiger partial charge in [-0.1, -0.05) is 29.8 Å². The van der Waals surface area contributed by atoms with Gasteiger partial charge in [0.1, 0.15) is 18.1 Å². The highest BCUT2D eigenvalue weighted by Gasteiger charge is 2.35. The third-order valence-corrected chi connectivity index (χ3v) is 3.97. The normalized spacial score (nSPS) is 26.4. The minimum atomic E-state index is -1.24. The number of rotatable bonds is 5. The van der Waals surface area contributed by atoms with E-state index in [1.165, 1.54) is 17.2 Å². The number of hydrogen-bond acceptors (Lipinski definition) is 1. The predicted octanol–water partition coefficient (Wildman–Crippen LogP) is 4.52. The molecule has 1 aromatic carbocycles. The molecule has 0 radical (unpaired) electrons. The second kappa shape index (κ2) is 7.19. The van der Waals surface area contributed by atoms with E-state index in [4.69, 9.17) is 16.3 Å². The van der Waals surface area contributed by atoms with Crippen LogP contribution in [0.3, 0.4) is 0 Å². The zero-order chi connectivity index (χ0) is 14.5. The second-order valence-electron chi connectivity index (χ2n) is 5.17. The van der Waals surface area contributed by atoms with Crippen molar-refractivity contribution >= 4 is 11.6 Å². The summed E-state index contributed by atoms with van der Waals surface area (Å²) in [6.07, 6.45) is 0.687. The molecule has 3 atom stereocenters. The van der Waals surface area contributed by atoms with Gasteiger partial charge in [0.2, 0.25) is 0 Å². The number of hydrogen-bond donors (Lipinski definition) is 0. The Kier molecular flexibility index (Phi) is 5.55. The van der Waals surface area contributed by atoms with Crippen LogP contribution in [0.5, 0.6) is 0 Å². The highest BCUT2D eigenvalue weighted by atomic mass is 35.5. The van der Waals surface area contributed by atoms with Gasteiger partial charge in [-0.2, -0.15) is 0 Å². The first-order chi connectivity index (χ1) is 9.58. The summed E-state index contributed by atoms with van der Waals surface area (Å²) in [4.78, 5) is 0. The van der Waals surface area contributed by atoms with Crippen molar-refractivity contribution in [3.05, 3.63) is 47.3 Å². The topological polar surface area (TPSA) is 9.23 Å². The Bertz CT molecular complexity index is 458. The van der Waals surface area contributed by atoms with Gasteiger partial charge in [0.25, 0.3) is 0 Å². The van der Waals surface area contributed by atoms with E-state index in [0.717, 1.165) is 12.8 Å². The number of allylic oxidation sites excluding steroid dienone is 1. The first kappa shape index (κ1) is 15.5. The molecule has 0 saturated carbocycles. The van der Waals surface area contributed by atoms with E-state index >= 15 is 0 Å². The molecule has 1 nitrogen and oxygen atoms in total. The Morgan fingerprint density at radius 3 is 2.70 bits per heavy atom. The summed E-state index contributed by atoms with van der Waals surface area (Å²) in [6.45, 7) is 2.41. The molecule has 0 aromatic heterocycles. The maximum absolute atomic E-state index is 13.6. The van der Waals surface area contributed by atoms with Crippen molar-refractivity contribution in [1.29, 1.82) is 0 Å². The number of benzene rings is 1. The van der Waals surface area contributed by atoms with Crippen LogP contribution in [0.15, 0.2) is 36.2 Å². The highest BCUT2D eigenvalue weighted by Crippen LogP contribution is 2.29. The van der Waals surface area contributed by atoms with Crippen LogP contribution < -0.4 is 0 Å². The lowest BCUT2D eigenvalue weighted by atomic mass is 10.0. The number of ether oxygens (including phenoxy) is 1. The summed E-state index contributed by atoms with van der Waals surface area (Å²) >= 11 is 5.86. The monoisotopic (exact) mass is 300 g/mol. The van der Waals surface area contributed by atoms with E-state index in [1.807, 2.05) is 6.92 Å². The molecule has 0 fully saturated rings. The molecule has 0 saturated heterocycles. The van der Waals surface area contributed by atoms with Gasteiger partial charge < -0.3 is 4.74 Å². The van der Waals surface area contributed by atoms with Crippen molar-refractivity contribution < 1.29 is 13.5 Å². The van der Waals surface area contributed by atoms with Crippen molar-refractivity contribution in [2.75, 3.05) is 6.61 Å². The smallest absolute Gasteiger partial charge is 0.128 e. The fraction of sp³-hybridized carbons (Fsp3) is 0.500. The molecule has 0 heterocycles. The summed E-state index contributed by atoms with van der Waals surface area (Å²) in [5, 5.41) is -0.931. The molecule has 0 bridgehead atoms. The van der Waals surface area contributed by atoms with Gasteiger partial charge in [0, 0.05) is 13.0 Å². The highest BCUT2D eigenvalue weighted by molar-refractivity contribution is 6.21. The van der Waals surface area contributed by atoms with Crippen molar-refractivity contribution in [2.24, 2.45) is 0 Å².